The molecule has 0 spiro atoms. The first-order valence-corrected chi connectivity index (χ1v) is 6.10. The Kier molecular flexibility index (Phi) is 4.04. The van der Waals surface area contributed by atoms with Crippen molar-refractivity contribution in [3.05, 3.63) is 48.0 Å². The van der Waals surface area contributed by atoms with Crippen LogP contribution in [0.2, 0.25) is 0 Å². The third kappa shape index (κ3) is 3.37. The number of thiol groups is 1. The van der Waals surface area contributed by atoms with Crippen molar-refractivity contribution in [2.45, 2.75) is 17.9 Å². The minimum absolute atomic E-state index is 0.00934. The minimum atomic E-state index is -0.00934. The van der Waals surface area contributed by atoms with E-state index in [-0.39, 0.29) is 5.91 Å². The molecule has 4 nitrogen and oxygen atoms in total. The first kappa shape index (κ1) is 12.7. The number of carbonyl (C=O) groups is 1. The lowest BCUT2D eigenvalue weighted by atomic mass is 10.1. The monoisotopic (exact) mass is 261 g/mol. The lowest BCUT2D eigenvalue weighted by Crippen LogP contribution is -2.25. The van der Waals surface area contributed by atoms with Crippen LogP contribution in [0, 0.1) is 0 Å². The van der Waals surface area contributed by atoms with Crippen molar-refractivity contribution in [3.8, 4) is 0 Å². The predicted octanol–water partition coefficient (Wildman–Crippen LogP) is 1.57. The molecule has 0 aliphatic carbocycles. The van der Waals surface area contributed by atoms with Crippen LogP contribution in [0.25, 0.3) is 0 Å². The number of aryl methyl sites for hydroxylation is 1. The van der Waals surface area contributed by atoms with Crippen LogP contribution in [-0.4, -0.2) is 15.5 Å². The Hall–Kier alpha value is -1.75. The number of amides is 1. The average molecular weight is 261 g/mol. The summed E-state index contributed by atoms with van der Waals surface area (Å²) in [7, 11) is 1.90. The highest BCUT2D eigenvalue weighted by Gasteiger charge is 2.05. The Morgan fingerprint density at radius 3 is 2.72 bits per heavy atom. The molecule has 0 aliphatic rings. The zero-order valence-corrected chi connectivity index (χ0v) is 11.0. The molecular weight excluding hydrogens is 246 g/mol. The Bertz CT molecular complexity index is 533. The third-order valence-electron chi connectivity index (χ3n) is 2.67. The van der Waals surface area contributed by atoms with Gasteiger partial charge in [0, 0.05) is 24.3 Å². The van der Waals surface area contributed by atoms with Crippen molar-refractivity contribution in [1.82, 2.24) is 14.9 Å². The van der Waals surface area contributed by atoms with Crippen molar-refractivity contribution in [2.24, 2.45) is 7.05 Å². The number of nitrogens with zero attached hydrogens (tertiary/aromatic N) is 2. The standard InChI is InChI=1S/C13H15N3OS/c1-16-7-6-14-12(16)9-15-13(17)8-10-2-4-11(18)5-3-10/h2-7,18H,8-9H2,1H3,(H,15,17). The lowest BCUT2D eigenvalue weighted by Gasteiger charge is -2.05. The van der Waals surface area contributed by atoms with Gasteiger partial charge in [0.15, 0.2) is 0 Å². The lowest BCUT2D eigenvalue weighted by molar-refractivity contribution is -0.120. The first-order chi connectivity index (χ1) is 8.65. The van der Waals surface area contributed by atoms with Crippen molar-refractivity contribution >= 4 is 18.5 Å². The molecule has 1 heterocycles. The van der Waals surface area contributed by atoms with E-state index in [9.17, 15) is 4.79 Å². The second-order valence-electron chi connectivity index (χ2n) is 4.07. The Balaban J connectivity index is 1.86. The maximum Gasteiger partial charge on any atom is 0.224 e. The number of carbonyl (C=O) groups excluding carboxylic acids is 1. The molecule has 0 atom stereocenters. The topological polar surface area (TPSA) is 46.9 Å². The predicted molar refractivity (Wildman–Crippen MR) is 72.5 cm³/mol. The summed E-state index contributed by atoms with van der Waals surface area (Å²) in [5.41, 5.74) is 0.977. The fourth-order valence-electron chi connectivity index (χ4n) is 1.61. The van der Waals surface area contributed by atoms with Gasteiger partial charge >= 0.3 is 0 Å². The van der Waals surface area contributed by atoms with Gasteiger partial charge in [-0.25, -0.2) is 4.98 Å². The highest BCUT2D eigenvalue weighted by molar-refractivity contribution is 7.80. The van der Waals surface area contributed by atoms with Crippen molar-refractivity contribution in [2.75, 3.05) is 0 Å². The van der Waals surface area contributed by atoms with Gasteiger partial charge < -0.3 is 9.88 Å². The van der Waals surface area contributed by atoms with Crippen LogP contribution in [0.3, 0.4) is 0 Å². The molecule has 0 unspecified atom stereocenters. The van der Waals surface area contributed by atoms with Crippen LogP contribution in [0.5, 0.6) is 0 Å². The molecule has 1 aromatic heterocycles. The van der Waals surface area contributed by atoms with Crippen LogP contribution in [-0.2, 0) is 24.8 Å². The zero-order valence-electron chi connectivity index (χ0n) is 10.1. The number of aromatic nitrogens is 2. The molecule has 2 aromatic rings. The van der Waals surface area contributed by atoms with E-state index >= 15 is 0 Å². The van der Waals surface area contributed by atoms with Crippen LogP contribution in [0.15, 0.2) is 41.6 Å². The second kappa shape index (κ2) is 5.73. The maximum atomic E-state index is 11.7. The summed E-state index contributed by atoms with van der Waals surface area (Å²) >= 11 is 4.20. The highest BCUT2D eigenvalue weighted by atomic mass is 32.1. The Morgan fingerprint density at radius 1 is 1.39 bits per heavy atom. The zero-order chi connectivity index (χ0) is 13.0. The van der Waals surface area contributed by atoms with Gasteiger partial charge in [-0.2, -0.15) is 0 Å². The van der Waals surface area contributed by atoms with Gasteiger partial charge in [0.2, 0.25) is 5.91 Å². The fraction of sp³-hybridized carbons (Fsp3) is 0.231. The molecule has 0 saturated carbocycles. The third-order valence-corrected chi connectivity index (χ3v) is 2.96. The highest BCUT2D eigenvalue weighted by Crippen LogP contribution is 2.08. The number of rotatable bonds is 4. The number of hydrogen-bond donors (Lipinski definition) is 2. The van der Waals surface area contributed by atoms with Gasteiger partial charge in [-0.15, -0.1) is 12.6 Å². The summed E-state index contributed by atoms with van der Waals surface area (Å²) in [5.74, 6) is 0.832. The summed E-state index contributed by atoms with van der Waals surface area (Å²) < 4.78 is 1.88. The number of imidazole rings is 1. The molecule has 1 amide bonds. The van der Waals surface area contributed by atoms with E-state index in [0.717, 1.165) is 16.3 Å². The summed E-state index contributed by atoms with van der Waals surface area (Å²) in [6.45, 7) is 0.451. The van der Waals surface area contributed by atoms with E-state index in [1.54, 1.807) is 6.20 Å². The molecule has 0 fully saturated rings. The van der Waals surface area contributed by atoms with E-state index in [4.69, 9.17) is 0 Å². The van der Waals surface area contributed by atoms with Gasteiger partial charge in [0.1, 0.15) is 5.82 Å². The van der Waals surface area contributed by atoms with Crippen LogP contribution < -0.4 is 5.32 Å². The van der Waals surface area contributed by atoms with Crippen molar-refractivity contribution in [3.63, 3.8) is 0 Å². The summed E-state index contributed by atoms with van der Waals surface area (Å²) in [6, 6.07) is 7.57. The molecule has 0 radical (unpaired) electrons. The molecule has 0 bridgehead atoms. The normalized spacial score (nSPS) is 10.3. The Labute approximate surface area is 111 Å². The van der Waals surface area contributed by atoms with Gasteiger partial charge in [-0.1, -0.05) is 12.1 Å². The minimum Gasteiger partial charge on any atom is -0.349 e. The SMILES string of the molecule is Cn1ccnc1CNC(=O)Cc1ccc(S)cc1. The molecule has 18 heavy (non-hydrogen) atoms. The molecule has 1 aromatic carbocycles. The summed E-state index contributed by atoms with van der Waals surface area (Å²) in [5, 5.41) is 2.85. The average Bonchev–Trinajstić information content (AvgIpc) is 2.75. The quantitative estimate of drug-likeness (QED) is 0.821. The van der Waals surface area contributed by atoms with Gasteiger partial charge in [-0.3, -0.25) is 4.79 Å². The van der Waals surface area contributed by atoms with Crippen molar-refractivity contribution in [1.29, 1.82) is 0 Å². The number of benzene rings is 1. The molecule has 5 heteroatoms. The van der Waals surface area contributed by atoms with Crippen LogP contribution in [0.1, 0.15) is 11.4 Å². The van der Waals surface area contributed by atoms with Crippen LogP contribution in [0.4, 0.5) is 0 Å². The Morgan fingerprint density at radius 2 is 2.11 bits per heavy atom. The van der Waals surface area contributed by atoms with E-state index < -0.39 is 0 Å². The van der Waals surface area contributed by atoms with Crippen LogP contribution >= 0.6 is 12.6 Å². The fourth-order valence-corrected chi connectivity index (χ4v) is 1.76. The van der Waals surface area contributed by atoms with Crippen molar-refractivity contribution < 1.29 is 4.79 Å². The molecule has 0 aliphatic heterocycles. The number of hydrogen-bond acceptors (Lipinski definition) is 3. The van der Waals surface area contributed by atoms with Gasteiger partial charge in [0.05, 0.1) is 13.0 Å². The van der Waals surface area contributed by atoms with Gasteiger partial charge in [0.25, 0.3) is 0 Å². The molecule has 94 valence electrons. The summed E-state index contributed by atoms with van der Waals surface area (Å²) in [4.78, 5) is 16.8. The largest absolute Gasteiger partial charge is 0.349 e. The molecular formula is C13H15N3OS. The molecule has 0 saturated heterocycles. The maximum absolute atomic E-state index is 11.7. The summed E-state index contributed by atoms with van der Waals surface area (Å²) in [6.07, 6.45) is 3.94. The van der Waals surface area contributed by atoms with E-state index in [0.29, 0.717) is 13.0 Å². The first-order valence-electron chi connectivity index (χ1n) is 5.66. The van der Waals surface area contributed by atoms with E-state index in [1.807, 2.05) is 42.1 Å². The molecule has 2 rings (SSSR count). The number of nitrogens with one attached hydrogen (secondary N) is 1. The smallest absolute Gasteiger partial charge is 0.224 e. The second-order valence-corrected chi connectivity index (χ2v) is 4.59. The van der Waals surface area contributed by atoms with E-state index in [1.165, 1.54) is 0 Å². The van der Waals surface area contributed by atoms with Gasteiger partial charge in [-0.05, 0) is 17.7 Å². The molecule has 1 N–H and O–H groups in total. The van der Waals surface area contributed by atoms with E-state index in [2.05, 4.69) is 22.9 Å².